The molecule has 0 bridgehead atoms. The molecule has 2 fully saturated rings. The van der Waals surface area contributed by atoms with Crippen LogP contribution in [0.5, 0.6) is 0 Å². The first kappa shape index (κ1) is 11.2. The number of rotatable bonds is 2. The first-order valence-corrected chi connectivity index (χ1v) is 6.62. The van der Waals surface area contributed by atoms with E-state index in [9.17, 15) is 0 Å². The Bertz CT molecular complexity index is 424. The molecule has 0 aromatic carbocycles. The molecular formula is C14H20NO2+. The summed E-state index contributed by atoms with van der Waals surface area (Å²) in [7, 11) is 0. The van der Waals surface area contributed by atoms with Gasteiger partial charge in [0.05, 0.1) is 18.8 Å². The fourth-order valence-corrected chi connectivity index (χ4v) is 2.75. The molecule has 1 atom stereocenters. The molecule has 1 unspecified atom stereocenters. The summed E-state index contributed by atoms with van der Waals surface area (Å²) in [6.07, 6.45) is 6.26. The van der Waals surface area contributed by atoms with E-state index in [0.29, 0.717) is 6.04 Å². The number of fused-ring (bicyclic) bond motifs is 1. The van der Waals surface area contributed by atoms with E-state index in [1.807, 2.05) is 0 Å². The number of nitrogens with zero attached hydrogens (tertiary/aromatic N) is 1. The molecule has 1 spiro atoms. The predicted octanol–water partition coefficient (Wildman–Crippen LogP) is 2.22. The summed E-state index contributed by atoms with van der Waals surface area (Å²) >= 11 is 0. The van der Waals surface area contributed by atoms with Crippen molar-refractivity contribution in [3.05, 3.63) is 17.3 Å². The van der Waals surface area contributed by atoms with Gasteiger partial charge in [0.1, 0.15) is 0 Å². The first-order chi connectivity index (χ1) is 8.22. The smallest absolute Gasteiger partial charge is 0.183 e. The fraction of sp³-hybridized carbons (Fsp3) is 0.714. The Morgan fingerprint density at radius 3 is 2.94 bits per heavy atom. The van der Waals surface area contributed by atoms with Gasteiger partial charge in [0.15, 0.2) is 23.9 Å². The zero-order valence-electron chi connectivity index (χ0n) is 10.7. The molecule has 92 valence electrons. The van der Waals surface area contributed by atoms with Crippen LogP contribution < -0.4 is 0 Å². The number of hydrogen-bond donors (Lipinski definition) is 0. The monoisotopic (exact) mass is 234 g/mol. The van der Waals surface area contributed by atoms with Crippen LogP contribution >= 0.6 is 0 Å². The topological polar surface area (TPSA) is 21.5 Å². The zero-order valence-corrected chi connectivity index (χ0v) is 10.7. The van der Waals surface area contributed by atoms with Crippen LogP contribution in [0.3, 0.4) is 0 Å². The second-order valence-corrected chi connectivity index (χ2v) is 5.19. The van der Waals surface area contributed by atoms with Gasteiger partial charge in [-0.1, -0.05) is 6.92 Å². The third-order valence-electron chi connectivity index (χ3n) is 4.04. The lowest BCUT2D eigenvalue weighted by molar-refractivity contribution is -0.488. The maximum atomic E-state index is 5.79. The maximum absolute atomic E-state index is 5.79. The van der Waals surface area contributed by atoms with Crippen LogP contribution in [-0.4, -0.2) is 35.5 Å². The summed E-state index contributed by atoms with van der Waals surface area (Å²) in [6.45, 7) is 5.93. The van der Waals surface area contributed by atoms with E-state index in [2.05, 4.69) is 30.5 Å². The average molecular weight is 234 g/mol. The standard InChI is InChI=1S/C14H20NO2/c1-3-11(2)15-9-12-4-5-14(8-13(12)10-15)16-6-7-17-14/h10-11H,3-8H2,1-2H3/q+1. The fourth-order valence-electron chi connectivity index (χ4n) is 2.75. The van der Waals surface area contributed by atoms with Gasteiger partial charge in [0, 0.05) is 24.8 Å². The first-order valence-electron chi connectivity index (χ1n) is 6.62. The van der Waals surface area contributed by atoms with Crippen molar-refractivity contribution < 1.29 is 14.0 Å². The van der Waals surface area contributed by atoms with Crippen molar-refractivity contribution in [1.82, 2.24) is 0 Å². The average Bonchev–Trinajstić information content (AvgIpc) is 2.95. The Kier molecular flexibility index (Phi) is 2.70. The Balaban J connectivity index is 1.82. The van der Waals surface area contributed by atoms with E-state index >= 15 is 0 Å². The van der Waals surface area contributed by atoms with Gasteiger partial charge < -0.3 is 9.47 Å². The minimum Gasteiger partial charge on any atom is -0.347 e. The highest BCUT2D eigenvalue weighted by Crippen LogP contribution is 2.41. The molecule has 1 saturated carbocycles. The van der Waals surface area contributed by atoms with Crippen LogP contribution in [-0.2, 0) is 9.47 Å². The van der Waals surface area contributed by atoms with Crippen molar-refractivity contribution in [3.63, 3.8) is 0 Å². The second-order valence-electron chi connectivity index (χ2n) is 5.19. The van der Waals surface area contributed by atoms with Gasteiger partial charge in [-0.3, -0.25) is 0 Å². The van der Waals surface area contributed by atoms with E-state index < -0.39 is 0 Å². The Hall–Kier alpha value is -0.890. The van der Waals surface area contributed by atoms with Gasteiger partial charge in [-0.05, 0) is 13.3 Å². The molecule has 3 rings (SSSR count). The van der Waals surface area contributed by atoms with Crippen LogP contribution in [0.1, 0.15) is 39.5 Å². The highest BCUT2D eigenvalue weighted by molar-refractivity contribution is 5.64. The highest BCUT2D eigenvalue weighted by Gasteiger charge is 2.43. The van der Waals surface area contributed by atoms with Crippen LogP contribution in [0.4, 0.5) is 0 Å². The minimum atomic E-state index is -0.317. The third-order valence-corrected chi connectivity index (χ3v) is 4.04. The molecule has 2 aliphatic heterocycles. The lowest BCUT2D eigenvalue weighted by atomic mass is 9.87. The van der Waals surface area contributed by atoms with Crippen molar-refractivity contribution in [2.75, 3.05) is 13.2 Å². The van der Waals surface area contributed by atoms with Crippen LogP contribution in [0.25, 0.3) is 0 Å². The normalized spacial score (nSPS) is 27.5. The predicted molar refractivity (Wildman–Crippen MR) is 65.1 cm³/mol. The van der Waals surface area contributed by atoms with Crippen molar-refractivity contribution in [3.8, 4) is 0 Å². The summed E-state index contributed by atoms with van der Waals surface area (Å²) in [4.78, 5) is 0. The second kappa shape index (κ2) is 4.09. The highest BCUT2D eigenvalue weighted by atomic mass is 16.7. The van der Waals surface area contributed by atoms with Gasteiger partial charge in [-0.25, -0.2) is 0 Å². The third kappa shape index (κ3) is 1.89. The quantitative estimate of drug-likeness (QED) is 0.683. The van der Waals surface area contributed by atoms with Gasteiger partial charge in [0.2, 0.25) is 0 Å². The molecule has 3 aliphatic rings. The molecule has 1 aliphatic carbocycles. The van der Waals surface area contributed by atoms with Crippen molar-refractivity contribution in [2.45, 2.75) is 51.4 Å². The Morgan fingerprint density at radius 2 is 2.24 bits per heavy atom. The summed E-state index contributed by atoms with van der Waals surface area (Å²) < 4.78 is 13.8. The lowest BCUT2D eigenvalue weighted by Gasteiger charge is -2.31. The summed E-state index contributed by atoms with van der Waals surface area (Å²) in [6, 6.07) is 0.530. The SMILES string of the molecule is CCC(C)[N+]1=C=C2CCC3(CC2=C1)OCCO3. The molecule has 3 heteroatoms. The number of ether oxygens (including phenoxy) is 2. The van der Waals surface area contributed by atoms with E-state index in [-0.39, 0.29) is 5.79 Å². The minimum absolute atomic E-state index is 0.317. The van der Waals surface area contributed by atoms with E-state index in [0.717, 1.165) is 38.9 Å². The number of allylic oxidation sites excluding steroid dienone is 1. The molecule has 0 aromatic rings. The van der Waals surface area contributed by atoms with Gasteiger partial charge in [-0.15, -0.1) is 0 Å². The summed E-state index contributed by atoms with van der Waals surface area (Å²) in [5.74, 6) is 3.18. The van der Waals surface area contributed by atoms with Crippen LogP contribution in [0.15, 0.2) is 17.3 Å². The lowest BCUT2D eigenvalue weighted by Crippen LogP contribution is -2.34. The molecular weight excluding hydrogens is 214 g/mol. The van der Waals surface area contributed by atoms with Gasteiger partial charge >= 0.3 is 0 Å². The molecule has 17 heavy (non-hydrogen) atoms. The molecule has 3 nitrogen and oxygen atoms in total. The summed E-state index contributed by atoms with van der Waals surface area (Å²) in [5.41, 5.74) is 2.72. The van der Waals surface area contributed by atoms with E-state index in [4.69, 9.17) is 9.47 Å². The summed E-state index contributed by atoms with van der Waals surface area (Å²) in [5, 5.41) is 0. The van der Waals surface area contributed by atoms with Crippen molar-refractivity contribution in [2.24, 2.45) is 0 Å². The van der Waals surface area contributed by atoms with Crippen molar-refractivity contribution >= 4 is 5.87 Å². The Morgan fingerprint density at radius 1 is 1.47 bits per heavy atom. The molecule has 0 N–H and O–H groups in total. The molecule has 1 saturated heterocycles. The maximum Gasteiger partial charge on any atom is 0.183 e. The van der Waals surface area contributed by atoms with Crippen LogP contribution in [0, 0.1) is 0 Å². The van der Waals surface area contributed by atoms with Gasteiger partial charge in [0.25, 0.3) is 0 Å². The van der Waals surface area contributed by atoms with Gasteiger partial charge in [-0.2, -0.15) is 4.58 Å². The molecule has 0 radical (unpaired) electrons. The Labute approximate surface area is 102 Å². The molecule has 0 amide bonds. The van der Waals surface area contributed by atoms with Crippen LogP contribution in [0.2, 0.25) is 0 Å². The van der Waals surface area contributed by atoms with E-state index in [1.165, 1.54) is 11.1 Å². The largest absolute Gasteiger partial charge is 0.347 e. The van der Waals surface area contributed by atoms with E-state index in [1.54, 1.807) is 0 Å². The molecule has 0 aromatic heterocycles. The van der Waals surface area contributed by atoms with Crippen molar-refractivity contribution in [1.29, 1.82) is 0 Å². The molecule has 2 heterocycles. The number of hydrogen-bond acceptors (Lipinski definition) is 2. The zero-order chi connectivity index (χ0) is 11.9.